The topological polar surface area (TPSA) is 88.3 Å². The van der Waals surface area contributed by atoms with Crippen LogP contribution in [0.3, 0.4) is 0 Å². The van der Waals surface area contributed by atoms with Crippen LogP contribution in [0.4, 0.5) is 24.7 Å². The molecule has 8 nitrogen and oxygen atoms in total. The zero-order valence-corrected chi connectivity index (χ0v) is 18.2. The molecule has 0 unspecified atom stereocenters. The molecule has 1 aliphatic carbocycles. The lowest BCUT2D eigenvalue weighted by atomic mass is 10.0. The van der Waals surface area contributed by atoms with Gasteiger partial charge in [0.15, 0.2) is 11.5 Å². The van der Waals surface area contributed by atoms with Crippen molar-refractivity contribution in [2.45, 2.75) is 25.3 Å². The summed E-state index contributed by atoms with van der Waals surface area (Å²) in [6.07, 6.45) is 8.67. The number of halogens is 3. The van der Waals surface area contributed by atoms with Crippen molar-refractivity contribution in [1.82, 2.24) is 24.6 Å². The van der Waals surface area contributed by atoms with Gasteiger partial charge in [0.25, 0.3) is 5.91 Å². The molecule has 0 bridgehead atoms. The number of fused-ring (bicyclic) bond motifs is 2. The Morgan fingerprint density at radius 3 is 2.74 bits per heavy atom. The van der Waals surface area contributed by atoms with Gasteiger partial charge in [0.05, 0.1) is 30.0 Å². The van der Waals surface area contributed by atoms with Gasteiger partial charge in [-0.25, -0.2) is 32.6 Å². The van der Waals surface area contributed by atoms with E-state index >= 15 is 0 Å². The van der Waals surface area contributed by atoms with Crippen LogP contribution >= 0.6 is 0 Å². The molecule has 11 heteroatoms. The minimum atomic E-state index is -0.652. The molecule has 0 aromatic carbocycles. The summed E-state index contributed by atoms with van der Waals surface area (Å²) in [5, 5.41) is 6.83. The van der Waals surface area contributed by atoms with E-state index < -0.39 is 28.9 Å². The summed E-state index contributed by atoms with van der Waals surface area (Å²) in [5.74, 6) is -1.75. The number of carbonyl (C=O) groups is 1. The maximum absolute atomic E-state index is 14.8. The molecule has 2 aliphatic rings. The van der Waals surface area contributed by atoms with Crippen molar-refractivity contribution in [3.63, 3.8) is 0 Å². The molecule has 2 atom stereocenters. The van der Waals surface area contributed by atoms with Gasteiger partial charge in [0.2, 0.25) is 5.82 Å². The summed E-state index contributed by atoms with van der Waals surface area (Å²) < 4.78 is 42.4. The summed E-state index contributed by atoms with van der Waals surface area (Å²) in [5.41, 5.74) is 0.360. The quantitative estimate of drug-likeness (QED) is 0.548. The van der Waals surface area contributed by atoms with Crippen molar-refractivity contribution in [1.29, 1.82) is 0 Å². The number of hydrogen-bond donors (Lipinski definition) is 1. The van der Waals surface area contributed by atoms with Gasteiger partial charge in [0.1, 0.15) is 17.3 Å². The fraction of sp³-hybridized carbons (Fsp3) is 0.261. The number of nitrogens with one attached hydrogen (secondary N) is 1. The van der Waals surface area contributed by atoms with Crippen LogP contribution in [0.15, 0.2) is 66.8 Å². The zero-order chi connectivity index (χ0) is 24.0. The molecule has 1 N–H and O–H groups in total. The lowest BCUT2D eigenvalue weighted by Crippen LogP contribution is -2.37. The average molecular weight is 467 g/mol. The van der Waals surface area contributed by atoms with E-state index in [4.69, 9.17) is 0 Å². The number of piperidine rings is 1. The van der Waals surface area contributed by atoms with Crippen LogP contribution in [0, 0.1) is 11.7 Å². The van der Waals surface area contributed by atoms with Crippen LogP contribution in [0.5, 0.6) is 0 Å². The van der Waals surface area contributed by atoms with Gasteiger partial charge in [0, 0.05) is 18.3 Å². The third-order valence-corrected chi connectivity index (χ3v) is 6.23. The summed E-state index contributed by atoms with van der Waals surface area (Å²) in [6, 6.07) is 1.76. The van der Waals surface area contributed by atoms with E-state index in [-0.39, 0.29) is 11.7 Å². The summed E-state index contributed by atoms with van der Waals surface area (Å²) in [4.78, 5) is 26.5. The molecule has 3 aromatic heterocycles. The SMILES string of the molecule is C=C(/C(F)=C\C=C(/C)F)[C@@]12C[C@@H]1CCN2c1ccn2ncc(NC(=O)c3ncc(F)cn3)c2n1. The monoisotopic (exact) mass is 467 g/mol. The van der Waals surface area contributed by atoms with E-state index in [0.29, 0.717) is 29.3 Å². The third kappa shape index (κ3) is 3.62. The molecule has 5 rings (SSSR count). The van der Waals surface area contributed by atoms with Crippen LogP contribution in [0.1, 0.15) is 30.4 Å². The fourth-order valence-corrected chi connectivity index (χ4v) is 4.53. The fourth-order valence-electron chi connectivity index (χ4n) is 4.53. The number of rotatable bonds is 6. The van der Waals surface area contributed by atoms with Crippen molar-refractivity contribution in [2.24, 2.45) is 5.92 Å². The molecule has 3 aromatic rings. The molecular formula is C23H20F3N7O. The van der Waals surface area contributed by atoms with Crippen LogP contribution in [0.2, 0.25) is 0 Å². The van der Waals surface area contributed by atoms with Gasteiger partial charge in [-0.1, -0.05) is 6.58 Å². The van der Waals surface area contributed by atoms with Crippen molar-refractivity contribution in [3.8, 4) is 0 Å². The van der Waals surface area contributed by atoms with Crippen LogP contribution in [-0.2, 0) is 0 Å². The lowest BCUT2D eigenvalue weighted by molar-refractivity contribution is 0.101. The predicted octanol–water partition coefficient (Wildman–Crippen LogP) is 4.16. The Morgan fingerprint density at radius 2 is 2.03 bits per heavy atom. The minimum Gasteiger partial charge on any atom is -0.346 e. The Bertz CT molecular complexity index is 1360. The number of anilines is 2. The molecule has 1 saturated heterocycles. The predicted molar refractivity (Wildman–Crippen MR) is 119 cm³/mol. The molecule has 34 heavy (non-hydrogen) atoms. The van der Waals surface area contributed by atoms with Gasteiger partial charge in [-0.15, -0.1) is 0 Å². The van der Waals surface area contributed by atoms with Crippen molar-refractivity contribution in [3.05, 3.63) is 78.5 Å². The number of allylic oxidation sites excluding steroid dienone is 3. The second-order valence-electron chi connectivity index (χ2n) is 8.30. The Labute approximate surface area is 192 Å². The molecule has 0 radical (unpaired) electrons. The molecule has 1 saturated carbocycles. The highest BCUT2D eigenvalue weighted by atomic mass is 19.1. The number of nitrogens with zero attached hydrogens (tertiary/aromatic N) is 6. The van der Waals surface area contributed by atoms with Crippen molar-refractivity contribution >= 4 is 23.1 Å². The summed E-state index contributed by atoms with van der Waals surface area (Å²) in [7, 11) is 0. The molecule has 0 spiro atoms. The Balaban J connectivity index is 1.44. The maximum atomic E-state index is 14.8. The first-order valence-electron chi connectivity index (χ1n) is 10.6. The first kappa shape index (κ1) is 21.8. The van der Waals surface area contributed by atoms with Crippen molar-refractivity contribution in [2.75, 3.05) is 16.8 Å². The summed E-state index contributed by atoms with van der Waals surface area (Å²) >= 11 is 0. The van der Waals surface area contributed by atoms with Crippen LogP contribution < -0.4 is 10.2 Å². The Morgan fingerprint density at radius 1 is 1.26 bits per heavy atom. The van der Waals surface area contributed by atoms with E-state index in [9.17, 15) is 18.0 Å². The third-order valence-electron chi connectivity index (χ3n) is 6.23. The standard InChI is InChI=1S/C23H20F3N7O/c1-13(24)3-4-17(26)14(2)23-9-15(23)5-7-32(23)19-6-8-33-21(31-19)18(12-29-33)30-22(34)20-27-10-16(25)11-28-20/h3-4,6,8,10-12,15H,2,5,7,9H2,1H3,(H,30,34)/b13-3+,17-4+/t15-,23-/m0/s1. The van der Waals surface area contributed by atoms with Gasteiger partial charge < -0.3 is 10.2 Å². The second kappa shape index (κ2) is 8.08. The number of carbonyl (C=O) groups excluding carboxylic acids is 1. The molecule has 174 valence electrons. The number of amides is 1. The van der Waals surface area contributed by atoms with E-state index in [0.717, 1.165) is 37.4 Å². The second-order valence-corrected chi connectivity index (χ2v) is 8.30. The minimum absolute atomic E-state index is 0.202. The largest absolute Gasteiger partial charge is 0.346 e. The Hall–Kier alpha value is -4.02. The van der Waals surface area contributed by atoms with Gasteiger partial charge in [-0.3, -0.25) is 4.79 Å². The zero-order valence-electron chi connectivity index (χ0n) is 18.2. The molecule has 1 aliphatic heterocycles. The van der Waals surface area contributed by atoms with E-state index in [2.05, 4.69) is 31.9 Å². The highest BCUT2D eigenvalue weighted by Gasteiger charge is 2.64. The highest BCUT2D eigenvalue weighted by molar-refractivity contribution is 6.03. The van der Waals surface area contributed by atoms with Crippen LogP contribution in [-0.4, -0.2) is 42.6 Å². The van der Waals surface area contributed by atoms with Gasteiger partial charge >= 0.3 is 0 Å². The number of aromatic nitrogens is 5. The van der Waals surface area contributed by atoms with E-state index in [1.807, 2.05) is 4.90 Å². The van der Waals surface area contributed by atoms with Crippen molar-refractivity contribution < 1.29 is 18.0 Å². The molecular weight excluding hydrogens is 447 g/mol. The average Bonchev–Trinajstić information content (AvgIpc) is 3.23. The number of hydrogen-bond acceptors (Lipinski definition) is 6. The smallest absolute Gasteiger partial charge is 0.293 e. The van der Waals surface area contributed by atoms with Gasteiger partial charge in [-0.05, 0) is 43.9 Å². The van der Waals surface area contributed by atoms with E-state index in [1.165, 1.54) is 17.6 Å². The highest BCUT2D eigenvalue weighted by Crippen LogP contribution is 2.61. The normalized spacial score (nSPS) is 22.1. The lowest BCUT2D eigenvalue weighted by Gasteiger charge is -2.30. The molecule has 1 amide bonds. The molecule has 4 heterocycles. The Kier molecular flexibility index (Phi) is 5.18. The van der Waals surface area contributed by atoms with Gasteiger partial charge in [-0.2, -0.15) is 5.10 Å². The van der Waals surface area contributed by atoms with Crippen LogP contribution in [0.25, 0.3) is 5.65 Å². The first-order valence-corrected chi connectivity index (χ1v) is 10.6. The molecule has 2 fully saturated rings. The first-order chi connectivity index (χ1) is 16.3. The summed E-state index contributed by atoms with van der Waals surface area (Å²) in [6.45, 7) is 5.87. The van der Waals surface area contributed by atoms with E-state index in [1.54, 1.807) is 12.3 Å². The maximum Gasteiger partial charge on any atom is 0.293 e.